The largest absolute Gasteiger partial charge is 0.425 e. The maximum absolute atomic E-state index is 11.7. The van der Waals surface area contributed by atoms with Crippen molar-refractivity contribution in [3.8, 4) is 34.8 Å². The van der Waals surface area contributed by atoms with Crippen molar-refractivity contribution in [1.82, 2.24) is 0 Å². The normalized spacial score (nSPS) is 10.3. The van der Waals surface area contributed by atoms with Crippen LogP contribution in [0.1, 0.15) is 31.9 Å². The Bertz CT molecular complexity index is 1040. The zero-order chi connectivity index (χ0) is 20.2. The Morgan fingerprint density at radius 3 is 1.63 bits per heavy atom. The first-order valence-corrected chi connectivity index (χ1v) is 12.0. The average molecular weight is 379 g/mol. The molecule has 0 aliphatic rings. The highest BCUT2D eigenvalue weighted by Crippen LogP contribution is 2.37. The van der Waals surface area contributed by atoms with Gasteiger partial charge < -0.3 is 9.47 Å². The fraction of sp³-hybridized carbons (Fsp3) is 0.273. The standard InChI is InChI=1S/C22H22O4Si/c1-7-8-17-9-11-20-19(21(17)25-15(2)23)12-10-18(13-14-27(4,5)6)22(20)26-16(3)24/h9-12H,1-6H3. The van der Waals surface area contributed by atoms with E-state index in [2.05, 4.69) is 42.9 Å². The predicted octanol–water partition coefficient (Wildman–Crippen LogP) is 4.29. The molecule has 0 aliphatic carbocycles. The van der Waals surface area contributed by atoms with Gasteiger partial charge in [0.2, 0.25) is 0 Å². The lowest BCUT2D eigenvalue weighted by Crippen LogP contribution is -2.16. The molecule has 2 aromatic rings. The van der Waals surface area contributed by atoms with Gasteiger partial charge in [-0.2, -0.15) is 0 Å². The fourth-order valence-electron chi connectivity index (χ4n) is 2.44. The lowest BCUT2D eigenvalue weighted by atomic mass is 10.0. The number of benzene rings is 2. The predicted molar refractivity (Wildman–Crippen MR) is 109 cm³/mol. The first-order chi connectivity index (χ1) is 12.6. The van der Waals surface area contributed by atoms with Gasteiger partial charge in [0.05, 0.1) is 11.1 Å². The molecule has 0 radical (unpaired) electrons. The van der Waals surface area contributed by atoms with Crippen LogP contribution in [0.25, 0.3) is 10.8 Å². The first-order valence-electron chi connectivity index (χ1n) is 8.55. The van der Waals surface area contributed by atoms with Crippen molar-refractivity contribution in [1.29, 1.82) is 0 Å². The maximum atomic E-state index is 11.7. The van der Waals surface area contributed by atoms with Crippen molar-refractivity contribution in [3.05, 3.63) is 35.4 Å². The molecule has 2 aromatic carbocycles. The van der Waals surface area contributed by atoms with Crippen molar-refractivity contribution in [3.63, 3.8) is 0 Å². The molecule has 0 aliphatic heterocycles. The van der Waals surface area contributed by atoms with E-state index < -0.39 is 20.0 Å². The molecule has 0 amide bonds. The minimum Gasteiger partial charge on any atom is -0.425 e. The number of esters is 2. The van der Waals surface area contributed by atoms with Crippen LogP contribution in [0.4, 0.5) is 0 Å². The summed E-state index contributed by atoms with van der Waals surface area (Å²) in [6, 6.07) is 7.15. The second-order valence-corrected chi connectivity index (χ2v) is 11.8. The van der Waals surface area contributed by atoms with Gasteiger partial charge in [0.25, 0.3) is 0 Å². The molecule has 2 rings (SSSR count). The Morgan fingerprint density at radius 2 is 1.26 bits per heavy atom. The minimum atomic E-state index is -1.61. The summed E-state index contributed by atoms with van der Waals surface area (Å²) in [5.74, 6) is 8.74. The van der Waals surface area contributed by atoms with Crippen LogP contribution in [-0.2, 0) is 9.59 Å². The van der Waals surface area contributed by atoms with E-state index in [1.54, 1.807) is 25.1 Å². The summed E-state index contributed by atoms with van der Waals surface area (Å²) < 4.78 is 10.9. The summed E-state index contributed by atoms with van der Waals surface area (Å²) in [7, 11) is -1.61. The first kappa shape index (κ1) is 20.3. The molecule has 0 heterocycles. The van der Waals surface area contributed by atoms with Crippen LogP contribution >= 0.6 is 0 Å². The number of carbonyl (C=O) groups excluding carboxylic acids is 2. The molecule has 0 saturated carbocycles. The van der Waals surface area contributed by atoms with E-state index in [4.69, 9.17) is 9.47 Å². The Morgan fingerprint density at radius 1 is 0.815 bits per heavy atom. The molecule has 0 fully saturated rings. The number of rotatable bonds is 2. The van der Waals surface area contributed by atoms with E-state index >= 15 is 0 Å². The number of hydrogen-bond acceptors (Lipinski definition) is 4. The molecule has 0 spiro atoms. The van der Waals surface area contributed by atoms with Crippen molar-refractivity contribution < 1.29 is 19.1 Å². The Balaban J connectivity index is 2.84. The highest BCUT2D eigenvalue weighted by Gasteiger charge is 2.17. The summed E-state index contributed by atoms with van der Waals surface area (Å²) in [6.07, 6.45) is 0. The number of ether oxygens (including phenoxy) is 2. The van der Waals surface area contributed by atoms with Crippen LogP contribution in [0.15, 0.2) is 24.3 Å². The lowest BCUT2D eigenvalue weighted by Gasteiger charge is -2.13. The van der Waals surface area contributed by atoms with E-state index in [-0.39, 0.29) is 0 Å². The molecule has 0 saturated heterocycles. The summed E-state index contributed by atoms with van der Waals surface area (Å²) in [6.45, 7) is 10.8. The van der Waals surface area contributed by atoms with Gasteiger partial charge in [0.15, 0.2) is 11.5 Å². The van der Waals surface area contributed by atoms with Gasteiger partial charge >= 0.3 is 11.9 Å². The van der Waals surface area contributed by atoms with Crippen LogP contribution in [0.3, 0.4) is 0 Å². The van der Waals surface area contributed by atoms with Crippen molar-refractivity contribution in [2.24, 2.45) is 0 Å². The Kier molecular flexibility index (Phi) is 6.10. The van der Waals surface area contributed by atoms with Gasteiger partial charge in [-0.3, -0.25) is 9.59 Å². The number of hydrogen-bond donors (Lipinski definition) is 0. The van der Waals surface area contributed by atoms with E-state index in [0.717, 1.165) is 0 Å². The molecular formula is C22H22O4Si. The summed E-state index contributed by atoms with van der Waals surface area (Å²) in [5, 5.41) is 1.28. The van der Waals surface area contributed by atoms with Gasteiger partial charge in [-0.1, -0.05) is 31.5 Å². The lowest BCUT2D eigenvalue weighted by molar-refractivity contribution is -0.132. The second-order valence-electron chi connectivity index (χ2n) is 7.04. The van der Waals surface area contributed by atoms with Crippen molar-refractivity contribution in [2.75, 3.05) is 0 Å². The molecule has 5 heteroatoms. The summed E-state index contributed by atoms with van der Waals surface area (Å²) in [4.78, 5) is 23.3. The van der Waals surface area contributed by atoms with Gasteiger partial charge in [-0.25, -0.2) is 0 Å². The highest BCUT2D eigenvalue weighted by molar-refractivity contribution is 6.83. The van der Waals surface area contributed by atoms with Crippen LogP contribution in [0.5, 0.6) is 11.5 Å². The minimum absolute atomic E-state index is 0.354. The Labute approximate surface area is 160 Å². The third-order valence-electron chi connectivity index (χ3n) is 3.43. The van der Waals surface area contributed by atoms with Crippen LogP contribution in [0, 0.1) is 23.3 Å². The molecule has 0 N–H and O–H groups in total. The summed E-state index contributed by atoms with van der Waals surface area (Å²) >= 11 is 0. The smallest absolute Gasteiger partial charge is 0.308 e. The molecule has 0 bridgehead atoms. The molecule has 138 valence electrons. The monoisotopic (exact) mass is 378 g/mol. The van der Waals surface area contributed by atoms with E-state index in [1.807, 2.05) is 6.07 Å². The van der Waals surface area contributed by atoms with Crippen molar-refractivity contribution >= 4 is 30.8 Å². The SMILES string of the molecule is CC#Cc1ccc2c(OC(C)=O)c(C#C[Si](C)(C)C)ccc2c1OC(C)=O. The van der Waals surface area contributed by atoms with Gasteiger partial charge in [0.1, 0.15) is 8.07 Å². The van der Waals surface area contributed by atoms with Gasteiger partial charge in [0, 0.05) is 24.6 Å². The van der Waals surface area contributed by atoms with Crippen LogP contribution in [-0.4, -0.2) is 20.0 Å². The van der Waals surface area contributed by atoms with Gasteiger partial charge in [-0.05, 0) is 31.2 Å². The third-order valence-corrected chi connectivity index (χ3v) is 4.30. The molecule has 27 heavy (non-hydrogen) atoms. The van der Waals surface area contributed by atoms with E-state index in [9.17, 15) is 9.59 Å². The van der Waals surface area contributed by atoms with Gasteiger partial charge in [-0.15, -0.1) is 11.5 Å². The average Bonchev–Trinajstić information content (AvgIpc) is 2.54. The van der Waals surface area contributed by atoms with Crippen LogP contribution < -0.4 is 9.47 Å². The van der Waals surface area contributed by atoms with E-state index in [0.29, 0.717) is 33.4 Å². The number of carbonyl (C=O) groups is 2. The summed E-state index contributed by atoms with van der Waals surface area (Å²) in [5.41, 5.74) is 4.51. The quantitative estimate of drug-likeness (QED) is 0.339. The topological polar surface area (TPSA) is 52.6 Å². The number of fused-ring (bicyclic) bond motifs is 1. The molecule has 0 atom stereocenters. The zero-order valence-corrected chi connectivity index (χ0v) is 17.4. The molecular weight excluding hydrogens is 356 g/mol. The molecule has 0 unspecified atom stereocenters. The van der Waals surface area contributed by atoms with Crippen molar-refractivity contribution in [2.45, 2.75) is 40.4 Å². The van der Waals surface area contributed by atoms with E-state index in [1.165, 1.54) is 13.8 Å². The fourth-order valence-corrected chi connectivity index (χ4v) is 2.95. The zero-order valence-electron chi connectivity index (χ0n) is 16.4. The molecule has 0 aromatic heterocycles. The Hall–Kier alpha value is -3.02. The third kappa shape index (κ3) is 5.23. The second kappa shape index (κ2) is 8.12. The maximum Gasteiger partial charge on any atom is 0.308 e. The molecule has 4 nitrogen and oxygen atoms in total. The van der Waals surface area contributed by atoms with Crippen LogP contribution in [0.2, 0.25) is 19.6 Å². The highest BCUT2D eigenvalue weighted by atomic mass is 28.3.